The largest absolute Gasteiger partial charge is 0.481 e. The number of ether oxygens (including phenoxy) is 1. The Kier molecular flexibility index (Phi) is 6.82. The van der Waals surface area contributed by atoms with E-state index in [9.17, 15) is 19.5 Å². The van der Waals surface area contributed by atoms with E-state index in [1.54, 1.807) is 41.5 Å². The van der Waals surface area contributed by atoms with E-state index in [1.807, 2.05) is 0 Å². The van der Waals surface area contributed by atoms with Crippen LogP contribution in [0.3, 0.4) is 0 Å². The van der Waals surface area contributed by atoms with Crippen LogP contribution in [-0.4, -0.2) is 50.6 Å². The number of nitrogens with zero attached hydrogens (tertiary/aromatic N) is 1. The monoisotopic (exact) mass is 319 g/mol. The maximum atomic E-state index is 12.2. The molecule has 0 spiro atoms. The van der Waals surface area contributed by atoms with Gasteiger partial charge in [0.15, 0.2) is 6.04 Å². The van der Waals surface area contributed by atoms with Crippen molar-refractivity contribution in [2.24, 2.45) is 0 Å². The summed E-state index contributed by atoms with van der Waals surface area (Å²) in [4.78, 5) is 39.6. The normalized spacial score (nSPS) is 13.4. The summed E-state index contributed by atoms with van der Waals surface area (Å²) in [6, 6.07) is -1.45. The van der Waals surface area contributed by atoms with Crippen molar-refractivity contribution in [2.45, 2.75) is 71.6 Å². The highest BCUT2D eigenvalue weighted by Gasteiger charge is 2.37. The summed E-state index contributed by atoms with van der Waals surface area (Å²) in [5, 5.41) is 18.6. The molecule has 0 aliphatic carbocycles. The van der Waals surface area contributed by atoms with Gasteiger partial charge < -0.3 is 14.9 Å². The van der Waals surface area contributed by atoms with Crippen LogP contribution in [0.25, 0.3) is 0 Å². The maximum Gasteiger partial charge on any atom is 0.435 e. The van der Waals surface area contributed by atoms with Gasteiger partial charge in [0.1, 0.15) is 5.60 Å². The van der Waals surface area contributed by atoms with E-state index in [1.165, 1.54) is 0 Å². The molecule has 2 N–H and O–H groups in total. The lowest BCUT2D eigenvalue weighted by atomic mass is 10.1. The molecule has 22 heavy (non-hydrogen) atoms. The molecule has 128 valence electrons. The van der Waals surface area contributed by atoms with Gasteiger partial charge >= 0.3 is 18.0 Å². The predicted molar refractivity (Wildman–Crippen MR) is 77.2 cm³/mol. The molecule has 0 rings (SSSR count). The molecule has 0 aliphatic heterocycles. The van der Waals surface area contributed by atoms with Crippen LogP contribution in [0, 0.1) is 0 Å². The number of carbonyl (C=O) groups is 3. The number of amides is 1. The van der Waals surface area contributed by atoms with Crippen molar-refractivity contribution >= 4 is 18.0 Å². The molecule has 0 aliphatic rings. The van der Waals surface area contributed by atoms with Crippen LogP contribution in [0.5, 0.6) is 0 Å². The lowest BCUT2D eigenvalue weighted by Crippen LogP contribution is -2.50. The Hall–Kier alpha value is -1.83. The predicted octanol–water partition coefficient (Wildman–Crippen LogP) is 2.27. The molecule has 1 amide bonds. The number of hydroxylamine groups is 2. The van der Waals surface area contributed by atoms with Crippen LogP contribution >= 0.6 is 0 Å². The van der Waals surface area contributed by atoms with Crippen molar-refractivity contribution in [3.05, 3.63) is 0 Å². The Labute approximate surface area is 129 Å². The average molecular weight is 319 g/mol. The molecule has 0 radical (unpaired) electrons. The zero-order chi connectivity index (χ0) is 17.7. The first-order valence-electron chi connectivity index (χ1n) is 6.89. The maximum absolute atomic E-state index is 12.2. The molecule has 0 aromatic carbocycles. The van der Waals surface area contributed by atoms with E-state index in [4.69, 9.17) is 14.7 Å². The molecule has 0 unspecified atom stereocenters. The number of rotatable bonds is 6. The van der Waals surface area contributed by atoms with Gasteiger partial charge in [-0.15, -0.1) is 0 Å². The Bertz CT molecular complexity index is 420. The number of carboxylic acids is 2. The minimum Gasteiger partial charge on any atom is -0.481 e. The molecule has 0 fully saturated rings. The Balaban J connectivity index is 5.35. The third-order valence-corrected chi connectivity index (χ3v) is 2.15. The molecule has 0 heterocycles. The SMILES string of the molecule is CC(C)(C)OC(=O)N(OC(C)(C)C)[C@@H](CCC(=O)O)C(=O)O. The number of hydrogen-bond acceptors (Lipinski definition) is 5. The zero-order valence-corrected chi connectivity index (χ0v) is 13.9. The van der Waals surface area contributed by atoms with E-state index in [-0.39, 0.29) is 6.42 Å². The second kappa shape index (κ2) is 7.44. The smallest absolute Gasteiger partial charge is 0.435 e. The highest BCUT2D eigenvalue weighted by Crippen LogP contribution is 2.20. The fraction of sp³-hybridized carbons (Fsp3) is 0.786. The van der Waals surface area contributed by atoms with Crippen LogP contribution in [0.4, 0.5) is 4.79 Å². The van der Waals surface area contributed by atoms with E-state index in [0.29, 0.717) is 5.06 Å². The van der Waals surface area contributed by atoms with Crippen LogP contribution in [-0.2, 0) is 19.2 Å². The standard InChI is InChI=1S/C14H25NO7/c1-13(2,3)21-12(20)15(22-14(4,5)6)9(11(18)19)7-8-10(16)17/h9H,7-8H2,1-6H3,(H,16,17)(H,18,19)/t9-/m0/s1. The summed E-state index contributed by atoms with van der Waals surface area (Å²) in [6.07, 6.45) is -1.68. The molecule has 0 saturated heterocycles. The summed E-state index contributed by atoms with van der Waals surface area (Å²) < 4.78 is 5.13. The minimum atomic E-state index is -1.45. The summed E-state index contributed by atoms with van der Waals surface area (Å²) in [7, 11) is 0. The molecule has 8 nitrogen and oxygen atoms in total. The van der Waals surface area contributed by atoms with Crippen LogP contribution < -0.4 is 0 Å². The molecular weight excluding hydrogens is 294 g/mol. The summed E-state index contributed by atoms with van der Waals surface area (Å²) in [6.45, 7) is 9.81. The summed E-state index contributed by atoms with van der Waals surface area (Å²) in [5.41, 5.74) is -1.69. The zero-order valence-electron chi connectivity index (χ0n) is 13.9. The molecule has 1 atom stereocenters. The van der Waals surface area contributed by atoms with Gasteiger partial charge in [-0.3, -0.25) is 9.63 Å². The third kappa shape index (κ3) is 8.46. The fourth-order valence-corrected chi connectivity index (χ4v) is 1.43. The first-order chi connectivity index (χ1) is 9.73. The Morgan fingerprint density at radius 1 is 1.00 bits per heavy atom. The van der Waals surface area contributed by atoms with Crippen molar-refractivity contribution in [1.29, 1.82) is 0 Å². The number of hydrogen-bond donors (Lipinski definition) is 2. The van der Waals surface area contributed by atoms with E-state index in [2.05, 4.69) is 0 Å². The van der Waals surface area contributed by atoms with Crippen LogP contribution in [0.15, 0.2) is 0 Å². The van der Waals surface area contributed by atoms with Gasteiger partial charge in [0.05, 0.1) is 5.60 Å². The third-order valence-electron chi connectivity index (χ3n) is 2.15. The first-order valence-corrected chi connectivity index (χ1v) is 6.89. The summed E-state index contributed by atoms with van der Waals surface area (Å²) >= 11 is 0. The quantitative estimate of drug-likeness (QED) is 0.722. The van der Waals surface area contributed by atoms with Gasteiger partial charge in [-0.1, -0.05) is 0 Å². The second-order valence-corrected chi connectivity index (χ2v) is 6.80. The van der Waals surface area contributed by atoms with E-state index < -0.39 is 41.7 Å². The van der Waals surface area contributed by atoms with Gasteiger partial charge in [-0.2, -0.15) is 5.06 Å². The number of carbonyl (C=O) groups excluding carboxylic acids is 1. The Morgan fingerprint density at radius 2 is 1.50 bits per heavy atom. The van der Waals surface area contributed by atoms with E-state index in [0.717, 1.165) is 0 Å². The van der Waals surface area contributed by atoms with Gasteiger partial charge in [0, 0.05) is 6.42 Å². The minimum absolute atomic E-state index is 0.292. The lowest BCUT2D eigenvalue weighted by molar-refractivity contribution is -0.234. The topological polar surface area (TPSA) is 113 Å². The summed E-state index contributed by atoms with van der Waals surface area (Å²) in [5.74, 6) is -2.53. The van der Waals surface area contributed by atoms with Gasteiger partial charge in [-0.25, -0.2) is 9.59 Å². The fourth-order valence-electron chi connectivity index (χ4n) is 1.43. The highest BCUT2D eigenvalue weighted by atomic mass is 16.7. The van der Waals surface area contributed by atoms with Gasteiger partial charge in [0.2, 0.25) is 0 Å². The lowest BCUT2D eigenvalue weighted by Gasteiger charge is -2.34. The molecule has 0 aromatic heterocycles. The second-order valence-electron chi connectivity index (χ2n) is 6.80. The van der Waals surface area contributed by atoms with Crippen molar-refractivity contribution in [3.8, 4) is 0 Å². The molecule has 0 aromatic rings. The van der Waals surface area contributed by atoms with Crippen LogP contribution in [0.1, 0.15) is 54.4 Å². The average Bonchev–Trinajstić information content (AvgIpc) is 2.22. The molecule has 0 saturated carbocycles. The van der Waals surface area contributed by atoms with Crippen molar-refractivity contribution in [1.82, 2.24) is 5.06 Å². The number of carboxylic acid groups (broad SMARTS) is 2. The highest BCUT2D eigenvalue weighted by molar-refractivity contribution is 5.80. The Morgan fingerprint density at radius 3 is 1.82 bits per heavy atom. The van der Waals surface area contributed by atoms with Crippen molar-refractivity contribution in [3.63, 3.8) is 0 Å². The molecule has 8 heteroatoms. The number of aliphatic carboxylic acids is 2. The molecule has 0 bridgehead atoms. The first kappa shape index (κ1) is 20.2. The van der Waals surface area contributed by atoms with Crippen molar-refractivity contribution < 1.29 is 34.2 Å². The van der Waals surface area contributed by atoms with E-state index >= 15 is 0 Å². The molecular formula is C14H25NO7. The van der Waals surface area contributed by atoms with Crippen molar-refractivity contribution in [2.75, 3.05) is 0 Å². The van der Waals surface area contributed by atoms with Crippen LogP contribution in [0.2, 0.25) is 0 Å². The van der Waals surface area contributed by atoms with Gasteiger partial charge in [0.25, 0.3) is 0 Å². The van der Waals surface area contributed by atoms with Gasteiger partial charge in [-0.05, 0) is 48.0 Å².